The van der Waals surface area contributed by atoms with Crippen LogP contribution in [0.1, 0.15) is 36.1 Å². The number of nitrogens with zero attached hydrogens (tertiary/aromatic N) is 4. The maximum absolute atomic E-state index is 13.0. The molecule has 25 heavy (non-hydrogen) atoms. The first-order chi connectivity index (χ1) is 11.8. The first-order valence-corrected chi connectivity index (χ1v) is 7.57. The van der Waals surface area contributed by atoms with Crippen molar-refractivity contribution in [3.63, 3.8) is 0 Å². The van der Waals surface area contributed by atoms with Crippen molar-refractivity contribution in [2.24, 2.45) is 0 Å². The summed E-state index contributed by atoms with van der Waals surface area (Å²) in [5.41, 5.74) is -2.03. The Labute approximate surface area is 141 Å². The second-order valence-corrected chi connectivity index (χ2v) is 6.03. The molecule has 0 radical (unpaired) electrons. The Kier molecular flexibility index (Phi) is 3.99. The summed E-state index contributed by atoms with van der Waals surface area (Å²) in [5, 5.41) is 15.4. The van der Waals surface area contributed by atoms with Crippen LogP contribution >= 0.6 is 0 Å². The van der Waals surface area contributed by atoms with Crippen LogP contribution in [0.4, 0.5) is 18.9 Å². The molecule has 130 valence electrons. The van der Waals surface area contributed by atoms with E-state index in [0.29, 0.717) is 12.8 Å². The number of pyridine rings is 1. The number of carbonyl (C=O) groups excluding carboxylic acids is 1. The normalized spacial score (nSPS) is 16.0. The highest BCUT2D eigenvalue weighted by atomic mass is 19.4. The number of halogens is 3. The SMILES string of the molecule is Cc1cnn(C2(C(=O)Nc3cnc(C#N)c(C(F)(F)F)c3)CCC2)c1. The van der Waals surface area contributed by atoms with Crippen LogP contribution in [0.2, 0.25) is 0 Å². The van der Waals surface area contributed by atoms with E-state index in [-0.39, 0.29) is 5.69 Å². The number of alkyl halides is 3. The van der Waals surface area contributed by atoms with Gasteiger partial charge in [-0.05, 0) is 37.8 Å². The molecule has 0 bridgehead atoms. The number of nitrogens with one attached hydrogen (secondary N) is 1. The molecule has 6 nitrogen and oxygen atoms in total. The molecule has 1 amide bonds. The van der Waals surface area contributed by atoms with Gasteiger partial charge in [-0.3, -0.25) is 9.48 Å². The fraction of sp³-hybridized carbons (Fsp3) is 0.375. The molecular weight excluding hydrogens is 335 g/mol. The van der Waals surface area contributed by atoms with Crippen molar-refractivity contribution in [3.05, 3.63) is 41.5 Å². The Bertz CT molecular complexity index is 861. The molecule has 2 aromatic rings. The monoisotopic (exact) mass is 349 g/mol. The molecule has 0 saturated heterocycles. The van der Waals surface area contributed by atoms with E-state index in [1.54, 1.807) is 17.1 Å². The molecule has 0 spiro atoms. The van der Waals surface area contributed by atoms with Crippen molar-refractivity contribution in [3.8, 4) is 6.07 Å². The van der Waals surface area contributed by atoms with Gasteiger partial charge < -0.3 is 5.32 Å². The summed E-state index contributed by atoms with van der Waals surface area (Å²) in [4.78, 5) is 16.2. The summed E-state index contributed by atoms with van der Waals surface area (Å²) in [7, 11) is 0. The fourth-order valence-electron chi connectivity index (χ4n) is 2.80. The van der Waals surface area contributed by atoms with Crippen LogP contribution in [0.3, 0.4) is 0 Å². The van der Waals surface area contributed by atoms with Gasteiger partial charge in [0.05, 0.1) is 23.6 Å². The van der Waals surface area contributed by atoms with Crippen LogP contribution < -0.4 is 5.32 Å². The topological polar surface area (TPSA) is 83.6 Å². The summed E-state index contributed by atoms with van der Waals surface area (Å²) in [6, 6.07) is 2.13. The van der Waals surface area contributed by atoms with Crippen LogP contribution in [-0.4, -0.2) is 20.7 Å². The largest absolute Gasteiger partial charge is 0.419 e. The summed E-state index contributed by atoms with van der Waals surface area (Å²) in [5.74, 6) is -0.443. The molecule has 0 unspecified atom stereocenters. The highest BCUT2D eigenvalue weighted by Crippen LogP contribution is 2.40. The van der Waals surface area contributed by atoms with Gasteiger partial charge in [0.1, 0.15) is 11.6 Å². The van der Waals surface area contributed by atoms with Gasteiger partial charge in [-0.25, -0.2) is 4.98 Å². The van der Waals surface area contributed by atoms with E-state index in [9.17, 15) is 18.0 Å². The summed E-state index contributed by atoms with van der Waals surface area (Å²) < 4.78 is 40.6. The number of hydrogen-bond donors (Lipinski definition) is 1. The van der Waals surface area contributed by atoms with E-state index >= 15 is 0 Å². The number of aromatic nitrogens is 3. The summed E-state index contributed by atoms with van der Waals surface area (Å²) in [6.45, 7) is 1.84. The zero-order chi connectivity index (χ0) is 18.2. The van der Waals surface area contributed by atoms with Crippen molar-refractivity contribution in [1.29, 1.82) is 5.26 Å². The Balaban J connectivity index is 1.89. The second kappa shape index (κ2) is 5.88. The molecule has 1 fully saturated rings. The molecule has 3 rings (SSSR count). The molecule has 0 aliphatic heterocycles. The number of hydrogen-bond acceptors (Lipinski definition) is 4. The Hall–Kier alpha value is -2.89. The van der Waals surface area contributed by atoms with Gasteiger partial charge in [-0.2, -0.15) is 23.5 Å². The maximum atomic E-state index is 13.0. The molecule has 1 saturated carbocycles. The van der Waals surface area contributed by atoms with Gasteiger partial charge in [0.15, 0.2) is 5.69 Å². The van der Waals surface area contributed by atoms with E-state index in [2.05, 4.69) is 15.4 Å². The van der Waals surface area contributed by atoms with Gasteiger partial charge in [0, 0.05) is 6.20 Å². The highest BCUT2D eigenvalue weighted by molar-refractivity contribution is 5.97. The van der Waals surface area contributed by atoms with Crippen molar-refractivity contribution in [2.45, 2.75) is 37.9 Å². The lowest BCUT2D eigenvalue weighted by Crippen LogP contribution is -2.51. The second-order valence-electron chi connectivity index (χ2n) is 6.03. The smallest absolute Gasteiger partial charge is 0.323 e. The number of nitriles is 1. The standard InChI is InChI=1S/C16H14F3N5O/c1-10-7-22-24(9-10)15(3-2-4-15)14(25)23-11-5-12(16(17,18)19)13(6-20)21-8-11/h5,7-9H,2-4H2,1H3,(H,23,25). The first kappa shape index (κ1) is 17.0. The molecule has 1 aliphatic rings. The van der Waals surface area contributed by atoms with Gasteiger partial charge >= 0.3 is 6.18 Å². The van der Waals surface area contributed by atoms with E-state index in [1.165, 1.54) is 6.07 Å². The fourth-order valence-corrected chi connectivity index (χ4v) is 2.80. The van der Waals surface area contributed by atoms with E-state index in [1.807, 2.05) is 6.92 Å². The minimum absolute atomic E-state index is 0.105. The quantitative estimate of drug-likeness (QED) is 0.923. The Morgan fingerprint density at radius 1 is 1.40 bits per heavy atom. The first-order valence-electron chi connectivity index (χ1n) is 7.57. The minimum atomic E-state index is -4.73. The number of rotatable bonds is 3. The van der Waals surface area contributed by atoms with Crippen LogP contribution in [0.25, 0.3) is 0 Å². The predicted molar refractivity (Wildman–Crippen MR) is 81.4 cm³/mol. The molecular formula is C16H14F3N5O. The van der Waals surface area contributed by atoms with Crippen molar-refractivity contribution < 1.29 is 18.0 Å². The Morgan fingerprint density at radius 2 is 2.12 bits per heavy atom. The number of aryl methyl sites for hydroxylation is 1. The zero-order valence-corrected chi connectivity index (χ0v) is 13.3. The van der Waals surface area contributed by atoms with Gasteiger partial charge in [-0.1, -0.05) is 0 Å². The molecule has 0 atom stereocenters. The third-order valence-electron chi connectivity index (χ3n) is 4.31. The number of amides is 1. The number of carbonyl (C=O) groups is 1. The van der Waals surface area contributed by atoms with Crippen LogP contribution in [0.15, 0.2) is 24.7 Å². The van der Waals surface area contributed by atoms with Crippen LogP contribution in [0.5, 0.6) is 0 Å². The predicted octanol–water partition coefficient (Wildman–Crippen LogP) is 2.99. The molecule has 2 heterocycles. The van der Waals surface area contributed by atoms with Crippen molar-refractivity contribution >= 4 is 11.6 Å². The average Bonchev–Trinajstić information content (AvgIpc) is 2.92. The highest BCUT2D eigenvalue weighted by Gasteiger charge is 2.47. The lowest BCUT2D eigenvalue weighted by Gasteiger charge is -2.40. The van der Waals surface area contributed by atoms with Crippen LogP contribution in [-0.2, 0) is 16.5 Å². The third kappa shape index (κ3) is 2.95. The average molecular weight is 349 g/mol. The maximum Gasteiger partial charge on any atom is 0.419 e. The molecule has 1 N–H and O–H groups in total. The van der Waals surface area contributed by atoms with E-state index < -0.39 is 28.9 Å². The van der Waals surface area contributed by atoms with Crippen molar-refractivity contribution in [2.75, 3.05) is 5.32 Å². The van der Waals surface area contributed by atoms with Gasteiger partial charge in [0.25, 0.3) is 5.91 Å². The molecule has 1 aliphatic carbocycles. The lowest BCUT2D eigenvalue weighted by atomic mass is 9.76. The van der Waals surface area contributed by atoms with Crippen LogP contribution in [0, 0.1) is 18.3 Å². The lowest BCUT2D eigenvalue weighted by molar-refractivity contribution is -0.138. The zero-order valence-electron chi connectivity index (χ0n) is 13.3. The van der Waals surface area contributed by atoms with Gasteiger partial charge in [0.2, 0.25) is 0 Å². The summed E-state index contributed by atoms with van der Waals surface area (Å²) in [6.07, 6.45) is 1.60. The van der Waals surface area contributed by atoms with Gasteiger partial charge in [-0.15, -0.1) is 0 Å². The number of anilines is 1. The molecule has 0 aromatic carbocycles. The van der Waals surface area contributed by atoms with Crippen molar-refractivity contribution in [1.82, 2.24) is 14.8 Å². The summed E-state index contributed by atoms with van der Waals surface area (Å²) >= 11 is 0. The minimum Gasteiger partial charge on any atom is -0.323 e. The van der Waals surface area contributed by atoms with E-state index in [0.717, 1.165) is 24.2 Å². The molecule has 2 aromatic heterocycles. The third-order valence-corrected chi connectivity index (χ3v) is 4.31. The molecule has 9 heteroatoms. The Morgan fingerprint density at radius 3 is 2.60 bits per heavy atom. The van der Waals surface area contributed by atoms with E-state index in [4.69, 9.17) is 5.26 Å².